The number of hydrogen-bond donors (Lipinski definition) is 2. The molecule has 1 aliphatic heterocycles. The van der Waals surface area contributed by atoms with Gasteiger partial charge in [-0.25, -0.2) is 4.79 Å². The third-order valence-electron chi connectivity index (χ3n) is 4.11. The minimum atomic E-state index is -0.729. The quantitative estimate of drug-likeness (QED) is 0.549. The van der Waals surface area contributed by atoms with E-state index in [0.29, 0.717) is 36.0 Å². The molecular formula is C19H26N2O5. The highest BCUT2D eigenvalue weighted by molar-refractivity contribution is 5.85. The van der Waals surface area contributed by atoms with Crippen LogP contribution in [0.3, 0.4) is 0 Å². The zero-order chi connectivity index (χ0) is 19.1. The number of methoxy groups -OCH3 is 1. The number of nitrogens with one attached hydrogen (secondary N) is 2. The second kappa shape index (κ2) is 9.12. The topological polar surface area (TPSA) is 85.9 Å². The number of ether oxygens (including phenoxy) is 3. The van der Waals surface area contributed by atoms with Crippen molar-refractivity contribution >= 4 is 12.0 Å². The molecule has 7 heteroatoms. The van der Waals surface area contributed by atoms with Crippen LogP contribution >= 0.6 is 0 Å². The Bertz CT molecular complexity index is 674. The number of esters is 1. The Morgan fingerprint density at radius 2 is 2.04 bits per heavy atom. The highest BCUT2D eigenvalue weighted by Gasteiger charge is 2.39. The molecular weight excluding hydrogens is 336 g/mol. The van der Waals surface area contributed by atoms with Crippen molar-refractivity contribution in [3.63, 3.8) is 0 Å². The summed E-state index contributed by atoms with van der Waals surface area (Å²) in [5.41, 5.74) is 1.02. The highest BCUT2D eigenvalue weighted by atomic mass is 16.5. The molecule has 0 bridgehead atoms. The first kappa shape index (κ1) is 19.6. The maximum atomic E-state index is 12.6. The smallest absolute Gasteiger partial charge is 0.319 e. The lowest BCUT2D eigenvalue weighted by atomic mass is 9.89. The zero-order valence-corrected chi connectivity index (χ0v) is 15.5. The molecule has 0 spiro atoms. The van der Waals surface area contributed by atoms with Gasteiger partial charge in [0.05, 0.1) is 26.4 Å². The van der Waals surface area contributed by atoms with Crippen LogP contribution in [0.4, 0.5) is 4.79 Å². The van der Waals surface area contributed by atoms with Crippen molar-refractivity contribution in [2.45, 2.75) is 32.7 Å². The molecule has 1 aromatic rings. The van der Waals surface area contributed by atoms with Crippen LogP contribution in [-0.2, 0) is 9.53 Å². The fourth-order valence-electron chi connectivity index (χ4n) is 2.80. The van der Waals surface area contributed by atoms with Crippen LogP contribution in [0.25, 0.3) is 0 Å². The average Bonchev–Trinajstić information content (AvgIpc) is 2.61. The Hall–Kier alpha value is -2.70. The Balaban J connectivity index is 2.31. The van der Waals surface area contributed by atoms with Gasteiger partial charge in [0, 0.05) is 5.70 Å². The summed E-state index contributed by atoms with van der Waals surface area (Å²) in [6.07, 6.45) is 1.71. The van der Waals surface area contributed by atoms with Gasteiger partial charge in [-0.1, -0.05) is 26.0 Å². The molecule has 142 valence electrons. The molecule has 1 fully saturated rings. The molecule has 1 heterocycles. The van der Waals surface area contributed by atoms with Gasteiger partial charge in [0.2, 0.25) is 0 Å². The minimum absolute atomic E-state index is 0.313. The largest absolute Gasteiger partial charge is 0.493 e. The molecule has 2 amide bonds. The third-order valence-corrected chi connectivity index (χ3v) is 4.11. The van der Waals surface area contributed by atoms with E-state index < -0.39 is 24.0 Å². The van der Waals surface area contributed by atoms with E-state index in [-0.39, 0.29) is 0 Å². The van der Waals surface area contributed by atoms with Crippen molar-refractivity contribution in [1.29, 1.82) is 0 Å². The van der Waals surface area contributed by atoms with Gasteiger partial charge in [0.15, 0.2) is 11.5 Å². The lowest BCUT2D eigenvalue weighted by Crippen LogP contribution is -2.51. The number of amides is 2. The summed E-state index contributed by atoms with van der Waals surface area (Å²) in [4.78, 5) is 24.5. The summed E-state index contributed by atoms with van der Waals surface area (Å²) in [5, 5.41) is 5.34. The van der Waals surface area contributed by atoms with E-state index in [9.17, 15) is 9.59 Å². The van der Waals surface area contributed by atoms with Crippen LogP contribution in [0.2, 0.25) is 0 Å². The number of urea groups is 1. The molecule has 1 aliphatic rings. The van der Waals surface area contributed by atoms with Gasteiger partial charge in [-0.2, -0.15) is 0 Å². The zero-order valence-electron chi connectivity index (χ0n) is 15.5. The number of carbonyl (C=O) groups excluding carboxylic acids is 2. The van der Waals surface area contributed by atoms with E-state index in [1.807, 2.05) is 13.8 Å². The Morgan fingerprint density at radius 1 is 1.27 bits per heavy atom. The number of rotatable bonds is 8. The molecule has 0 saturated carbocycles. The molecule has 2 N–H and O–H groups in total. The maximum Gasteiger partial charge on any atom is 0.319 e. The first-order valence-corrected chi connectivity index (χ1v) is 8.75. The first-order chi connectivity index (χ1) is 12.5. The van der Waals surface area contributed by atoms with Gasteiger partial charge in [0.25, 0.3) is 0 Å². The summed E-state index contributed by atoms with van der Waals surface area (Å²) in [7, 11) is 1.54. The first-order valence-electron chi connectivity index (χ1n) is 8.75. The van der Waals surface area contributed by atoms with Gasteiger partial charge < -0.3 is 24.8 Å². The van der Waals surface area contributed by atoms with Crippen molar-refractivity contribution in [3.8, 4) is 11.5 Å². The lowest BCUT2D eigenvalue weighted by molar-refractivity contribution is -0.148. The molecule has 7 nitrogen and oxygen atoms in total. The predicted octanol–water partition coefficient (Wildman–Crippen LogP) is 2.92. The van der Waals surface area contributed by atoms with Crippen molar-refractivity contribution < 1.29 is 23.8 Å². The van der Waals surface area contributed by atoms with Crippen molar-refractivity contribution in [3.05, 3.63) is 36.0 Å². The van der Waals surface area contributed by atoms with Crippen LogP contribution in [0, 0.1) is 5.92 Å². The molecule has 0 aromatic heterocycles. The molecule has 2 rings (SSSR count). The van der Waals surface area contributed by atoms with Gasteiger partial charge in [-0.15, -0.1) is 0 Å². The van der Waals surface area contributed by atoms with Crippen molar-refractivity contribution in [2.24, 2.45) is 5.92 Å². The fourth-order valence-corrected chi connectivity index (χ4v) is 2.80. The van der Waals surface area contributed by atoms with Crippen LogP contribution in [-0.4, -0.2) is 32.3 Å². The molecule has 2 atom stereocenters. The van der Waals surface area contributed by atoms with Crippen LogP contribution in [0.1, 0.15) is 38.3 Å². The molecule has 0 unspecified atom stereocenters. The Kier molecular flexibility index (Phi) is 6.89. The normalized spacial score (nSPS) is 19.3. The number of hydrogen-bond acceptors (Lipinski definition) is 5. The monoisotopic (exact) mass is 362 g/mol. The summed E-state index contributed by atoms with van der Waals surface area (Å²) >= 11 is 0. The van der Waals surface area contributed by atoms with E-state index in [4.69, 9.17) is 14.2 Å². The van der Waals surface area contributed by atoms with Crippen molar-refractivity contribution in [1.82, 2.24) is 10.6 Å². The van der Waals surface area contributed by atoms with Crippen LogP contribution in [0.15, 0.2) is 30.5 Å². The van der Waals surface area contributed by atoms with E-state index in [1.165, 1.54) is 7.11 Å². The SMILES string of the molecule is C=C1NC(=O)N[C@@H](c2ccc(OCC)c(OC)c2)[C@@H]1C(=O)OCCCC. The summed E-state index contributed by atoms with van der Waals surface area (Å²) < 4.78 is 16.2. The Labute approximate surface area is 153 Å². The summed E-state index contributed by atoms with van der Waals surface area (Å²) in [5.74, 6) is -0.0261. The van der Waals surface area contributed by atoms with E-state index in [2.05, 4.69) is 17.2 Å². The van der Waals surface area contributed by atoms with Gasteiger partial charge in [-0.3, -0.25) is 4.79 Å². The summed E-state index contributed by atoms with van der Waals surface area (Å²) in [6.45, 7) is 8.57. The van der Waals surface area contributed by atoms with E-state index >= 15 is 0 Å². The molecule has 26 heavy (non-hydrogen) atoms. The minimum Gasteiger partial charge on any atom is -0.493 e. The van der Waals surface area contributed by atoms with Gasteiger partial charge in [0.1, 0.15) is 5.92 Å². The molecule has 0 aliphatic carbocycles. The van der Waals surface area contributed by atoms with Crippen LogP contribution in [0.5, 0.6) is 11.5 Å². The predicted molar refractivity (Wildman–Crippen MR) is 97.1 cm³/mol. The third kappa shape index (κ3) is 4.47. The van der Waals surface area contributed by atoms with Crippen LogP contribution < -0.4 is 20.1 Å². The number of unbranched alkanes of at least 4 members (excludes halogenated alkanes) is 1. The van der Waals surface area contributed by atoms with Gasteiger partial charge in [-0.05, 0) is 31.0 Å². The van der Waals surface area contributed by atoms with Crippen molar-refractivity contribution in [2.75, 3.05) is 20.3 Å². The standard InChI is InChI=1S/C19H26N2O5/c1-5-7-10-26-18(22)16-12(3)20-19(23)21-17(16)13-8-9-14(25-6-2)15(11-13)24-4/h8-9,11,16-17H,3,5-7,10H2,1-2,4H3,(H2,20,21,23)/t16-,17+/m1/s1. The fraction of sp³-hybridized carbons (Fsp3) is 0.474. The van der Waals surface area contributed by atoms with E-state index in [1.54, 1.807) is 18.2 Å². The molecule has 1 aromatic carbocycles. The highest BCUT2D eigenvalue weighted by Crippen LogP contribution is 2.35. The summed E-state index contributed by atoms with van der Waals surface area (Å²) in [6, 6.07) is 4.29. The number of benzene rings is 1. The van der Waals surface area contributed by atoms with Gasteiger partial charge >= 0.3 is 12.0 Å². The second-order valence-electron chi connectivity index (χ2n) is 5.94. The second-order valence-corrected chi connectivity index (χ2v) is 5.94. The van der Waals surface area contributed by atoms with E-state index in [0.717, 1.165) is 12.8 Å². The maximum absolute atomic E-state index is 12.6. The molecule has 1 saturated heterocycles. The number of carbonyl (C=O) groups is 2. The average molecular weight is 362 g/mol. The Morgan fingerprint density at radius 3 is 2.69 bits per heavy atom. The molecule has 0 radical (unpaired) electrons. The lowest BCUT2D eigenvalue weighted by Gasteiger charge is -2.33.